The van der Waals surface area contributed by atoms with Gasteiger partial charge < -0.3 is 5.73 Å². The molecule has 0 radical (unpaired) electrons. The number of thiocarbonyl (C=S) groups is 1. The predicted molar refractivity (Wildman–Crippen MR) is 75.9 cm³/mol. The number of thioether (sulfide) groups is 1. The first-order valence-corrected chi connectivity index (χ1v) is 7.01. The molecule has 0 aliphatic carbocycles. The Balaban J connectivity index is 2.43. The van der Waals surface area contributed by atoms with Crippen LogP contribution in [0.3, 0.4) is 0 Å². The zero-order chi connectivity index (χ0) is 12.4. The lowest BCUT2D eigenvalue weighted by atomic mass is 10.1. The van der Waals surface area contributed by atoms with Gasteiger partial charge in [-0.2, -0.15) is 5.10 Å². The Morgan fingerprint density at radius 3 is 3.06 bits per heavy atom. The minimum atomic E-state index is -0.234. The highest BCUT2D eigenvalue weighted by Crippen LogP contribution is 2.34. The second-order valence-corrected chi connectivity index (χ2v) is 5.86. The third-order valence-electron chi connectivity index (χ3n) is 2.21. The molecular formula is C10H9BrFN3S2. The summed E-state index contributed by atoms with van der Waals surface area (Å²) in [6.07, 6.45) is 0.753. The van der Waals surface area contributed by atoms with Gasteiger partial charge in [-0.1, -0.05) is 15.9 Å². The van der Waals surface area contributed by atoms with Crippen LogP contribution in [0.15, 0.2) is 26.6 Å². The first kappa shape index (κ1) is 12.8. The highest BCUT2D eigenvalue weighted by atomic mass is 79.9. The van der Waals surface area contributed by atoms with Crippen LogP contribution in [-0.2, 0) is 0 Å². The molecule has 2 rings (SSSR count). The summed E-state index contributed by atoms with van der Waals surface area (Å²) < 4.78 is 14.4. The summed E-state index contributed by atoms with van der Waals surface area (Å²) in [6.45, 7) is 0. The van der Waals surface area contributed by atoms with Crippen molar-refractivity contribution < 1.29 is 4.39 Å². The maximum Gasteiger partial charge on any atom is 0.184 e. The quantitative estimate of drug-likeness (QED) is 0.612. The molecule has 7 heteroatoms. The number of halogens is 2. The number of benzene rings is 1. The van der Waals surface area contributed by atoms with Crippen LogP contribution in [0.4, 0.5) is 4.39 Å². The van der Waals surface area contributed by atoms with Crippen LogP contribution in [0.2, 0.25) is 0 Å². The van der Waals surface area contributed by atoms with Gasteiger partial charge >= 0.3 is 0 Å². The van der Waals surface area contributed by atoms with E-state index in [1.807, 2.05) is 6.07 Å². The molecule has 0 unspecified atom stereocenters. The number of hydrogen-bond acceptors (Lipinski definition) is 3. The molecule has 90 valence electrons. The molecule has 1 aromatic rings. The van der Waals surface area contributed by atoms with Crippen LogP contribution in [0, 0.1) is 5.82 Å². The Kier molecular flexibility index (Phi) is 4.01. The molecule has 1 aromatic carbocycles. The Morgan fingerprint density at radius 1 is 1.59 bits per heavy atom. The summed E-state index contributed by atoms with van der Waals surface area (Å²) in [5.74, 6) is 0.561. The van der Waals surface area contributed by atoms with E-state index in [4.69, 9.17) is 5.73 Å². The van der Waals surface area contributed by atoms with Gasteiger partial charge in [0.15, 0.2) is 5.11 Å². The average Bonchev–Trinajstić information content (AvgIpc) is 2.26. The maximum absolute atomic E-state index is 13.7. The van der Waals surface area contributed by atoms with Gasteiger partial charge in [0.1, 0.15) is 5.82 Å². The molecule has 3 nitrogen and oxygen atoms in total. The largest absolute Gasteiger partial charge is 0.375 e. The third kappa shape index (κ3) is 2.97. The fourth-order valence-electron chi connectivity index (χ4n) is 1.54. The minimum Gasteiger partial charge on any atom is -0.375 e. The average molecular weight is 334 g/mol. The third-order valence-corrected chi connectivity index (χ3v) is 3.87. The lowest BCUT2D eigenvalue weighted by Gasteiger charge is -2.18. The van der Waals surface area contributed by atoms with Gasteiger partial charge in [0.05, 0.1) is 10.6 Å². The number of hydrogen-bond donors (Lipinski definition) is 2. The van der Waals surface area contributed by atoms with E-state index < -0.39 is 0 Å². The van der Waals surface area contributed by atoms with Crippen molar-refractivity contribution in [2.45, 2.75) is 11.3 Å². The van der Waals surface area contributed by atoms with Crippen LogP contribution in [-0.4, -0.2) is 16.6 Å². The van der Waals surface area contributed by atoms with E-state index in [1.54, 1.807) is 0 Å². The standard InChI is InChI=1S/C10H9BrFN3S2/c11-5-3-6-8(14-15-10(13)16)1-2-17-9(6)7(12)4-5/h3-4H,1-2H2,(H3,13,15,16)/b14-8+. The normalized spacial score (nSPS) is 16.7. The van der Waals surface area contributed by atoms with Gasteiger partial charge in [0.2, 0.25) is 0 Å². The Bertz CT molecular complexity index is 505. The molecule has 0 aromatic heterocycles. The van der Waals surface area contributed by atoms with E-state index >= 15 is 0 Å². The van der Waals surface area contributed by atoms with E-state index in [-0.39, 0.29) is 10.9 Å². The van der Waals surface area contributed by atoms with Gasteiger partial charge in [-0.3, -0.25) is 5.43 Å². The second-order valence-electron chi connectivity index (χ2n) is 3.40. The van der Waals surface area contributed by atoms with E-state index in [9.17, 15) is 4.39 Å². The summed E-state index contributed by atoms with van der Waals surface area (Å²) in [5, 5.41) is 4.21. The first-order chi connectivity index (χ1) is 8.08. The van der Waals surface area contributed by atoms with Crippen molar-refractivity contribution in [1.82, 2.24) is 5.43 Å². The number of nitrogens with one attached hydrogen (secondary N) is 1. The zero-order valence-electron chi connectivity index (χ0n) is 8.67. The number of nitrogens with two attached hydrogens (primary N) is 1. The van der Waals surface area contributed by atoms with Gasteiger partial charge in [-0.25, -0.2) is 4.39 Å². The first-order valence-electron chi connectivity index (χ1n) is 4.82. The van der Waals surface area contributed by atoms with Crippen molar-refractivity contribution in [2.24, 2.45) is 10.8 Å². The highest BCUT2D eigenvalue weighted by molar-refractivity contribution is 9.10. The smallest absolute Gasteiger partial charge is 0.184 e. The van der Waals surface area contributed by atoms with Crippen molar-refractivity contribution in [3.05, 3.63) is 28.0 Å². The van der Waals surface area contributed by atoms with Crippen molar-refractivity contribution in [3.63, 3.8) is 0 Å². The van der Waals surface area contributed by atoms with Crippen LogP contribution < -0.4 is 11.2 Å². The topological polar surface area (TPSA) is 50.4 Å². The molecular weight excluding hydrogens is 325 g/mol. The number of rotatable bonds is 1. The molecule has 1 aliphatic heterocycles. The van der Waals surface area contributed by atoms with Crippen LogP contribution in [0.25, 0.3) is 0 Å². The van der Waals surface area contributed by atoms with Gasteiger partial charge in [-0.05, 0) is 24.4 Å². The fourth-order valence-corrected chi connectivity index (χ4v) is 3.05. The zero-order valence-corrected chi connectivity index (χ0v) is 11.9. The molecule has 3 N–H and O–H groups in total. The van der Waals surface area contributed by atoms with Crippen molar-refractivity contribution in [1.29, 1.82) is 0 Å². The maximum atomic E-state index is 13.7. The molecule has 17 heavy (non-hydrogen) atoms. The van der Waals surface area contributed by atoms with Crippen LogP contribution in [0.1, 0.15) is 12.0 Å². The number of hydrazone groups is 1. The minimum absolute atomic E-state index is 0.104. The SMILES string of the molecule is NC(=S)N/N=C1\CCSc2c(F)cc(Br)cc21. The summed E-state index contributed by atoms with van der Waals surface area (Å²) >= 11 is 9.45. The predicted octanol–water partition coefficient (Wildman–Crippen LogP) is 2.62. The molecule has 0 atom stereocenters. The summed E-state index contributed by atoms with van der Waals surface area (Å²) in [5.41, 5.74) is 9.42. The number of nitrogens with zero attached hydrogens (tertiary/aromatic N) is 1. The lowest BCUT2D eigenvalue weighted by molar-refractivity contribution is 0.599. The summed E-state index contributed by atoms with van der Waals surface area (Å²) in [7, 11) is 0. The summed E-state index contributed by atoms with van der Waals surface area (Å²) in [4.78, 5) is 0.628. The molecule has 0 fully saturated rings. The van der Waals surface area contributed by atoms with E-state index in [1.165, 1.54) is 17.8 Å². The Hall–Kier alpha value is -0.660. The van der Waals surface area contributed by atoms with Gasteiger partial charge in [0, 0.05) is 22.2 Å². The second kappa shape index (κ2) is 5.32. The molecule has 1 aliphatic rings. The molecule has 0 saturated heterocycles. The van der Waals surface area contributed by atoms with E-state index in [2.05, 4.69) is 38.7 Å². The van der Waals surface area contributed by atoms with E-state index in [0.717, 1.165) is 23.4 Å². The Morgan fingerprint density at radius 2 is 2.35 bits per heavy atom. The molecule has 0 bridgehead atoms. The molecule has 0 saturated carbocycles. The van der Waals surface area contributed by atoms with Crippen molar-refractivity contribution in [3.8, 4) is 0 Å². The number of fused-ring (bicyclic) bond motifs is 1. The van der Waals surface area contributed by atoms with E-state index in [0.29, 0.717) is 9.37 Å². The van der Waals surface area contributed by atoms with Gasteiger partial charge in [-0.15, -0.1) is 11.8 Å². The van der Waals surface area contributed by atoms with Crippen LogP contribution in [0.5, 0.6) is 0 Å². The molecule has 0 spiro atoms. The highest BCUT2D eigenvalue weighted by Gasteiger charge is 2.20. The monoisotopic (exact) mass is 333 g/mol. The summed E-state index contributed by atoms with van der Waals surface area (Å²) in [6, 6.07) is 3.31. The van der Waals surface area contributed by atoms with Crippen molar-refractivity contribution in [2.75, 3.05) is 5.75 Å². The van der Waals surface area contributed by atoms with Crippen molar-refractivity contribution >= 4 is 50.7 Å². The lowest BCUT2D eigenvalue weighted by Crippen LogP contribution is -2.26. The molecule has 1 heterocycles. The van der Waals surface area contributed by atoms with Gasteiger partial charge in [0.25, 0.3) is 0 Å². The van der Waals surface area contributed by atoms with Crippen LogP contribution >= 0.6 is 39.9 Å². The molecule has 0 amide bonds. The Labute approximate surface area is 116 Å². The fraction of sp³-hybridized carbons (Fsp3) is 0.200.